The average Bonchev–Trinajstić information content (AvgIpc) is 2.52. The maximum absolute atomic E-state index is 12.7. The summed E-state index contributed by atoms with van der Waals surface area (Å²) < 4.78 is 28.0. The Kier molecular flexibility index (Phi) is 5.80. The van der Waals surface area contributed by atoms with Crippen molar-refractivity contribution in [3.8, 4) is 0 Å². The number of hydrogen-bond acceptors (Lipinski definition) is 3. The van der Waals surface area contributed by atoms with Gasteiger partial charge in [0.05, 0.1) is 11.0 Å². The van der Waals surface area contributed by atoms with Crippen LogP contribution in [-0.2, 0) is 16.4 Å². The van der Waals surface area contributed by atoms with Gasteiger partial charge >= 0.3 is 0 Å². The third-order valence-corrected chi connectivity index (χ3v) is 6.09. The van der Waals surface area contributed by atoms with Crippen molar-refractivity contribution in [2.45, 2.75) is 45.1 Å². The molecule has 5 heteroatoms. The van der Waals surface area contributed by atoms with Crippen LogP contribution in [0.25, 0.3) is 0 Å². The van der Waals surface area contributed by atoms with Gasteiger partial charge in [0.2, 0.25) is 10.0 Å². The molecule has 2 N–H and O–H groups in total. The highest BCUT2D eigenvalue weighted by Gasteiger charge is 2.22. The zero-order chi connectivity index (χ0) is 17.9. The first-order valence-corrected chi connectivity index (χ1v) is 9.49. The average molecular weight is 347 g/mol. The Hall–Kier alpha value is -1.69. The van der Waals surface area contributed by atoms with Crippen LogP contribution in [0.3, 0.4) is 0 Å². The lowest BCUT2D eigenvalue weighted by Gasteiger charge is -2.17. The minimum atomic E-state index is -3.66. The van der Waals surface area contributed by atoms with Crippen molar-refractivity contribution >= 4 is 10.0 Å². The Morgan fingerprint density at radius 1 is 1.00 bits per heavy atom. The van der Waals surface area contributed by atoms with Crippen LogP contribution in [0.5, 0.6) is 0 Å². The normalized spacial score (nSPS) is 13.0. The van der Waals surface area contributed by atoms with Gasteiger partial charge in [-0.1, -0.05) is 36.4 Å². The molecule has 0 amide bonds. The number of nitrogens with one attached hydrogen (secondary N) is 1. The largest absolute Gasteiger partial charge is 0.391 e. The van der Waals surface area contributed by atoms with E-state index < -0.39 is 16.1 Å². The standard InChI is InChI=1S/C19H25NO3S/c1-13-10-14(2)16(4)19(15(13)3)24(22,23)20-12-18(21)11-17-8-6-5-7-9-17/h5-10,18,20-21H,11-12H2,1-4H3. The Morgan fingerprint density at radius 2 is 1.54 bits per heavy atom. The molecule has 0 bridgehead atoms. The molecule has 0 saturated heterocycles. The maximum atomic E-state index is 12.7. The van der Waals surface area contributed by atoms with Crippen molar-refractivity contribution in [1.82, 2.24) is 4.72 Å². The van der Waals surface area contributed by atoms with Crippen molar-refractivity contribution in [1.29, 1.82) is 0 Å². The van der Waals surface area contributed by atoms with Gasteiger partial charge in [-0.05, 0) is 61.9 Å². The van der Waals surface area contributed by atoms with Gasteiger partial charge < -0.3 is 5.11 Å². The van der Waals surface area contributed by atoms with Crippen LogP contribution in [0.15, 0.2) is 41.3 Å². The lowest BCUT2D eigenvalue weighted by Crippen LogP contribution is -2.34. The molecule has 0 spiro atoms. The number of aliphatic hydroxyl groups is 1. The monoisotopic (exact) mass is 347 g/mol. The van der Waals surface area contributed by atoms with Crippen LogP contribution >= 0.6 is 0 Å². The third-order valence-electron chi connectivity index (χ3n) is 4.39. The first-order valence-electron chi connectivity index (χ1n) is 8.01. The molecule has 1 unspecified atom stereocenters. The van der Waals surface area contributed by atoms with E-state index in [2.05, 4.69) is 4.72 Å². The van der Waals surface area contributed by atoms with Crippen LogP contribution in [-0.4, -0.2) is 26.2 Å². The SMILES string of the molecule is Cc1cc(C)c(C)c(S(=O)(=O)NCC(O)Cc2ccccc2)c1C. The first-order chi connectivity index (χ1) is 11.2. The lowest BCUT2D eigenvalue weighted by molar-refractivity contribution is 0.179. The minimum Gasteiger partial charge on any atom is -0.391 e. The fraction of sp³-hybridized carbons (Fsp3) is 0.368. The number of benzene rings is 2. The van der Waals surface area contributed by atoms with Gasteiger partial charge in [-0.15, -0.1) is 0 Å². The summed E-state index contributed by atoms with van der Waals surface area (Å²) in [5.74, 6) is 0. The number of sulfonamides is 1. The van der Waals surface area contributed by atoms with E-state index in [0.717, 1.165) is 27.8 Å². The van der Waals surface area contributed by atoms with Crippen molar-refractivity contribution in [2.75, 3.05) is 6.54 Å². The highest BCUT2D eigenvalue weighted by molar-refractivity contribution is 7.89. The molecule has 0 fully saturated rings. The van der Waals surface area contributed by atoms with Gasteiger partial charge in [-0.25, -0.2) is 13.1 Å². The summed E-state index contributed by atoms with van der Waals surface area (Å²) in [6, 6.07) is 11.5. The van der Waals surface area contributed by atoms with Crippen LogP contribution in [0.1, 0.15) is 27.8 Å². The second kappa shape index (κ2) is 7.47. The predicted octanol–water partition coefficient (Wildman–Crippen LogP) is 2.80. The molecule has 0 saturated carbocycles. The molecular weight excluding hydrogens is 322 g/mol. The van der Waals surface area contributed by atoms with E-state index in [9.17, 15) is 13.5 Å². The van der Waals surface area contributed by atoms with Crippen molar-refractivity contribution in [3.05, 3.63) is 64.2 Å². The number of aryl methyl sites for hydroxylation is 2. The maximum Gasteiger partial charge on any atom is 0.241 e. The quantitative estimate of drug-likeness (QED) is 0.844. The predicted molar refractivity (Wildman–Crippen MR) is 96.7 cm³/mol. The molecule has 4 nitrogen and oxygen atoms in total. The van der Waals surface area contributed by atoms with Crippen molar-refractivity contribution < 1.29 is 13.5 Å². The highest BCUT2D eigenvalue weighted by atomic mass is 32.2. The van der Waals surface area contributed by atoms with E-state index in [4.69, 9.17) is 0 Å². The molecule has 130 valence electrons. The Balaban J connectivity index is 2.15. The fourth-order valence-corrected chi connectivity index (χ4v) is 4.50. The first kappa shape index (κ1) is 18.6. The van der Waals surface area contributed by atoms with Crippen LogP contribution in [0.2, 0.25) is 0 Å². The topological polar surface area (TPSA) is 66.4 Å². The molecule has 0 radical (unpaired) electrons. The van der Waals surface area contributed by atoms with E-state index in [1.165, 1.54) is 0 Å². The molecule has 0 aromatic heterocycles. The molecule has 0 aliphatic heterocycles. The van der Waals surface area contributed by atoms with Gasteiger partial charge in [0.25, 0.3) is 0 Å². The molecule has 1 atom stereocenters. The van der Waals surface area contributed by atoms with Gasteiger partial charge in [0.15, 0.2) is 0 Å². The second-order valence-electron chi connectivity index (χ2n) is 6.28. The van der Waals surface area contributed by atoms with E-state index >= 15 is 0 Å². The molecule has 2 rings (SSSR count). The van der Waals surface area contributed by atoms with Crippen LogP contribution in [0.4, 0.5) is 0 Å². The third kappa shape index (κ3) is 4.23. The molecule has 0 aliphatic carbocycles. The number of rotatable bonds is 6. The summed E-state index contributed by atoms with van der Waals surface area (Å²) in [5, 5.41) is 10.1. The summed E-state index contributed by atoms with van der Waals surface area (Å²) in [6.07, 6.45) is -0.359. The summed E-state index contributed by atoms with van der Waals surface area (Å²) >= 11 is 0. The van der Waals surface area contributed by atoms with E-state index in [-0.39, 0.29) is 6.54 Å². The van der Waals surface area contributed by atoms with Crippen LogP contribution in [0, 0.1) is 27.7 Å². The number of hydrogen-bond donors (Lipinski definition) is 2. The Bertz CT molecular complexity index is 788. The van der Waals surface area contributed by atoms with Crippen molar-refractivity contribution in [3.63, 3.8) is 0 Å². The molecule has 2 aromatic rings. The molecule has 24 heavy (non-hydrogen) atoms. The summed E-state index contributed by atoms with van der Waals surface area (Å²) in [4.78, 5) is 0.326. The second-order valence-corrected chi connectivity index (χ2v) is 7.99. The minimum absolute atomic E-state index is 0.0108. The van der Waals surface area contributed by atoms with Gasteiger partial charge in [0, 0.05) is 6.54 Å². The van der Waals surface area contributed by atoms with E-state index in [0.29, 0.717) is 11.3 Å². The molecule has 2 aromatic carbocycles. The lowest BCUT2D eigenvalue weighted by atomic mass is 10.0. The number of aliphatic hydroxyl groups excluding tert-OH is 1. The molecule has 0 aliphatic rings. The van der Waals surface area contributed by atoms with Gasteiger partial charge in [-0.3, -0.25) is 0 Å². The van der Waals surface area contributed by atoms with E-state index in [1.807, 2.05) is 64.1 Å². The zero-order valence-corrected chi connectivity index (χ0v) is 15.4. The fourth-order valence-electron chi connectivity index (χ4n) is 2.82. The smallest absolute Gasteiger partial charge is 0.241 e. The molecular formula is C19H25NO3S. The van der Waals surface area contributed by atoms with Gasteiger partial charge in [0.1, 0.15) is 0 Å². The summed E-state index contributed by atoms with van der Waals surface area (Å²) in [5.41, 5.74) is 4.38. The van der Waals surface area contributed by atoms with Crippen LogP contribution < -0.4 is 4.72 Å². The Labute approximate surface area is 144 Å². The van der Waals surface area contributed by atoms with Crippen molar-refractivity contribution in [2.24, 2.45) is 0 Å². The zero-order valence-electron chi connectivity index (χ0n) is 14.6. The Morgan fingerprint density at radius 3 is 2.08 bits per heavy atom. The van der Waals surface area contributed by atoms with Gasteiger partial charge in [-0.2, -0.15) is 0 Å². The molecule has 0 heterocycles. The van der Waals surface area contributed by atoms with E-state index in [1.54, 1.807) is 0 Å². The summed E-state index contributed by atoms with van der Waals surface area (Å²) in [6.45, 7) is 7.44. The summed E-state index contributed by atoms with van der Waals surface area (Å²) in [7, 11) is -3.66. The highest BCUT2D eigenvalue weighted by Crippen LogP contribution is 2.25.